The molecule has 0 aliphatic carbocycles. The van der Waals surface area contributed by atoms with E-state index in [-0.39, 0.29) is 11.9 Å². The molecule has 1 atom stereocenters. The summed E-state index contributed by atoms with van der Waals surface area (Å²) < 4.78 is 5.67. The van der Waals surface area contributed by atoms with Crippen molar-refractivity contribution in [2.45, 2.75) is 39.2 Å². The largest absolute Gasteiger partial charge is 0.435 e. The second-order valence-corrected chi connectivity index (χ2v) is 6.70. The summed E-state index contributed by atoms with van der Waals surface area (Å²) >= 11 is 0. The zero-order valence-electron chi connectivity index (χ0n) is 15.9. The minimum absolute atomic E-state index is 0.0920. The number of aryl methyl sites for hydroxylation is 2. The van der Waals surface area contributed by atoms with E-state index in [2.05, 4.69) is 20.3 Å². The molecule has 0 aromatic carbocycles. The van der Waals surface area contributed by atoms with Gasteiger partial charge in [-0.15, -0.1) is 0 Å². The second-order valence-electron chi connectivity index (χ2n) is 6.70. The molecule has 1 aliphatic heterocycles. The summed E-state index contributed by atoms with van der Waals surface area (Å²) in [6, 6.07) is 5.65. The lowest BCUT2D eigenvalue weighted by Crippen LogP contribution is -2.31. The SMILES string of the molecule is CCc1nc(C)c(C(=O)N2CCCC2c2cccc(Nc3cnccn3)n2)o1. The van der Waals surface area contributed by atoms with Crippen LogP contribution in [-0.4, -0.2) is 37.3 Å². The van der Waals surface area contributed by atoms with Gasteiger partial charge in [0, 0.05) is 25.4 Å². The minimum Gasteiger partial charge on any atom is -0.435 e. The third-order valence-corrected chi connectivity index (χ3v) is 4.78. The number of hydrogen-bond acceptors (Lipinski definition) is 7. The van der Waals surface area contributed by atoms with Crippen LogP contribution >= 0.6 is 0 Å². The highest BCUT2D eigenvalue weighted by molar-refractivity contribution is 5.93. The summed E-state index contributed by atoms with van der Waals surface area (Å²) in [4.78, 5) is 32.2. The fraction of sp³-hybridized carbons (Fsp3) is 0.350. The number of hydrogen-bond donors (Lipinski definition) is 1. The molecule has 1 saturated heterocycles. The van der Waals surface area contributed by atoms with Crippen LogP contribution in [0.1, 0.15) is 53.6 Å². The molecule has 28 heavy (non-hydrogen) atoms. The van der Waals surface area contributed by atoms with Crippen molar-refractivity contribution >= 4 is 17.5 Å². The van der Waals surface area contributed by atoms with Crippen molar-refractivity contribution in [2.24, 2.45) is 0 Å². The second kappa shape index (κ2) is 7.75. The van der Waals surface area contributed by atoms with E-state index >= 15 is 0 Å². The summed E-state index contributed by atoms with van der Waals surface area (Å²) in [6.07, 6.45) is 7.32. The van der Waals surface area contributed by atoms with Gasteiger partial charge in [0.1, 0.15) is 11.6 Å². The number of nitrogens with one attached hydrogen (secondary N) is 1. The summed E-state index contributed by atoms with van der Waals surface area (Å²) in [6.45, 7) is 4.44. The molecule has 1 unspecified atom stereocenters. The van der Waals surface area contributed by atoms with Crippen LogP contribution < -0.4 is 5.32 Å². The third kappa shape index (κ3) is 3.58. The average Bonchev–Trinajstić information content (AvgIpc) is 3.35. The van der Waals surface area contributed by atoms with Gasteiger partial charge in [-0.2, -0.15) is 0 Å². The molecule has 4 rings (SSSR count). The van der Waals surface area contributed by atoms with Gasteiger partial charge in [-0.1, -0.05) is 13.0 Å². The van der Waals surface area contributed by atoms with E-state index in [9.17, 15) is 4.79 Å². The van der Waals surface area contributed by atoms with Crippen molar-refractivity contribution in [1.82, 2.24) is 24.8 Å². The lowest BCUT2D eigenvalue weighted by molar-refractivity contribution is 0.0697. The summed E-state index contributed by atoms with van der Waals surface area (Å²) in [7, 11) is 0. The lowest BCUT2D eigenvalue weighted by Gasteiger charge is -2.24. The number of likely N-dealkylation sites (tertiary alicyclic amines) is 1. The number of oxazole rings is 1. The molecular weight excluding hydrogens is 356 g/mol. The first-order chi connectivity index (χ1) is 13.7. The Labute approximate surface area is 163 Å². The summed E-state index contributed by atoms with van der Waals surface area (Å²) in [5, 5.41) is 3.15. The van der Waals surface area contributed by atoms with Crippen molar-refractivity contribution in [2.75, 3.05) is 11.9 Å². The Bertz CT molecular complexity index is 972. The van der Waals surface area contributed by atoms with Gasteiger partial charge in [0.25, 0.3) is 5.91 Å². The maximum absolute atomic E-state index is 13.1. The minimum atomic E-state index is -0.124. The van der Waals surface area contributed by atoms with Crippen LogP contribution in [0.2, 0.25) is 0 Å². The molecule has 1 amide bonds. The van der Waals surface area contributed by atoms with Gasteiger partial charge in [-0.05, 0) is 31.9 Å². The Morgan fingerprint density at radius 1 is 1.29 bits per heavy atom. The van der Waals surface area contributed by atoms with Gasteiger partial charge in [0.2, 0.25) is 5.76 Å². The number of carbonyl (C=O) groups excluding carboxylic acids is 1. The van der Waals surface area contributed by atoms with Crippen molar-refractivity contribution in [3.63, 3.8) is 0 Å². The van der Waals surface area contributed by atoms with Crippen LogP contribution in [0.4, 0.5) is 11.6 Å². The molecule has 1 N–H and O–H groups in total. The standard InChI is InChI=1S/C20H22N6O2/c1-3-18-23-13(2)19(28-18)20(27)26-11-5-7-15(26)14-6-4-8-16(24-14)25-17-12-21-9-10-22-17/h4,6,8-10,12,15H,3,5,7,11H2,1-2H3,(H,22,24,25). The van der Waals surface area contributed by atoms with E-state index in [1.807, 2.05) is 36.9 Å². The molecule has 0 spiro atoms. The van der Waals surface area contributed by atoms with Crippen LogP contribution in [0.3, 0.4) is 0 Å². The van der Waals surface area contributed by atoms with E-state index in [4.69, 9.17) is 9.40 Å². The van der Waals surface area contributed by atoms with Crippen LogP contribution in [-0.2, 0) is 6.42 Å². The number of aromatic nitrogens is 4. The quantitative estimate of drug-likeness (QED) is 0.726. The monoisotopic (exact) mass is 378 g/mol. The molecule has 1 fully saturated rings. The number of carbonyl (C=O) groups is 1. The van der Waals surface area contributed by atoms with E-state index in [0.29, 0.717) is 41.9 Å². The van der Waals surface area contributed by atoms with Gasteiger partial charge in [-0.25, -0.2) is 15.0 Å². The van der Waals surface area contributed by atoms with Crippen LogP contribution in [0.15, 0.2) is 41.2 Å². The fourth-order valence-electron chi connectivity index (χ4n) is 3.45. The van der Waals surface area contributed by atoms with Gasteiger partial charge < -0.3 is 14.6 Å². The Morgan fingerprint density at radius 3 is 2.93 bits per heavy atom. The molecule has 144 valence electrons. The number of anilines is 2. The first-order valence-corrected chi connectivity index (χ1v) is 9.43. The first kappa shape index (κ1) is 18.1. The molecule has 3 aromatic rings. The molecule has 0 saturated carbocycles. The Kier molecular flexibility index (Phi) is 5.01. The highest BCUT2D eigenvalue weighted by Gasteiger charge is 2.34. The molecule has 0 bridgehead atoms. The zero-order valence-corrected chi connectivity index (χ0v) is 15.9. The highest BCUT2D eigenvalue weighted by atomic mass is 16.4. The third-order valence-electron chi connectivity index (χ3n) is 4.78. The predicted molar refractivity (Wildman–Crippen MR) is 103 cm³/mol. The van der Waals surface area contributed by atoms with Crippen LogP contribution in [0.5, 0.6) is 0 Å². The van der Waals surface area contributed by atoms with Gasteiger partial charge >= 0.3 is 0 Å². The molecule has 3 aromatic heterocycles. The normalized spacial score (nSPS) is 16.4. The molecule has 8 nitrogen and oxygen atoms in total. The summed E-state index contributed by atoms with van der Waals surface area (Å²) in [5.41, 5.74) is 1.48. The number of pyridine rings is 1. The topological polar surface area (TPSA) is 97.0 Å². The van der Waals surface area contributed by atoms with Crippen molar-refractivity contribution in [3.8, 4) is 0 Å². The van der Waals surface area contributed by atoms with Crippen LogP contribution in [0, 0.1) is 6.92 Å². The number of amides is 1. The fourth-order valence-corrected chi connectivity index (χ4v) is 3.45. The Balaban J connectivity index is 1.57. The van der Waals surface area contributed by atoms with Crippen molar-refractivity contribution in [1.29, 1.82) is 0 Å². The number of rotatable bonds is 5. The smallest absolute Gasteiger partial charge is 0.292 e. The van der Waals surface area contributed by atoms with Gasteiger partial charge in [0.15, 0.2) is 5.89 Å². The predicted octanol–water partition coefficient (Wildman–Crippen LogP) is 3.45. The lowest BCUT2D eigenvalue weighted by atomic mass is 10.1. The summed E-state index contributed by atoms with van der Waals surface area (Å²) in [5.74, 6) is 2.08. The number of nitrogens with zero attached hydrogens (tertiary/aromatic N) is 5. The van der Waals surface area contributed by atoms with Gasteiger partial charge in [-0.3, -0.25) is 9.78 Å². The Hall–Kier alpha value is -3.29. The molecule has 0 radical (unpaired) electrons. The van der Waals surface area contributed by atoms with Crippen molar-refractivity contribution in [3.05, 3.63) is 59.8 Å². The Morgan fingerprint density at radius 2 is 2.18 bits per heavy atom. The van der Waals surface area contributed by atoms with Crippen LogP contribution in [0.25, 0.3) is 0 Å². The first-order valence-electron chi connectivity index (χ1n) is 9.43. The van der Waals surface area contributed by atoms with Gasteiger partial charge in [0.05, 0.1) is 23.6 Å². The molecule has 4 heterocycles. The van der Waals surface area contributed by atoms with E-state index in [1.165, 1.54) is 0 Å². The average molecular weight is 378 g/mol. The van der Waals surface area contributed by atoms with E-state index in [1.54, 1.807) is 18.6 Å². The molecular formula is C20H22N6O2. The maximum Gasteiger partial charge on any atom is 0.292 e. The zero-order chi connectivity index (χ0) is 19.5. The van der Waals surface area contributed by atoms with E-state index in [0.717, 1.165) is 18.5 Å². The van der Waals surface area contributed by atoms with Crippen molar-refractivity contribution < 1.29 is 9.21 Å². The maximum atomic E-state index is 13.1. The highest BCUT2D eigenvalue weighted by Crippen LogP contribution is 2.33. The molecule has 8 heteroatoms. The van der Waals surface area contributed by atoms with E-state index < -0.39 is 0 Å². The molecule has 1 aliphatic rings.